The zero-order chi connectivity index (χ0) is 26.9. The minimum Gasteiger partial charge on any atom is -0.494 e. The van der Waals surface area contributed by atoms with E-state index in [0.29, 0.717) is 35.3 Å². The normalized spacial score (nSPS) is 19.6. The van der Waals surface area contributed by atoms with Gasteiger partial charge in [-0.3, -0.25) is 4.72 Å². The fraction of sp³-hybridized carbons (Fsp3) is 0.310. The lowest BCUT2D eigenvalue weighted by atomic mass is 9.77. The number of nitrogens with one attached hydrogen (secondary N) is 2. The van der Waals surface area contributed by atoms with Crippen LogP contribution in [0, 0.1) is 5.92 Å². The Morgan fingerprint density at radius 2 is 1.66 bits per heavy atom. The molecule has 3 atom stereocenters. The number of allylic oxidation sites excluding steroid dienone is 2. The standard InChI is InChI=1S/C29H32N2O6S/c1-5-37-20-11-9-19(10-12-20)31-38(32,33)21-13-14-25-24(17-21)22-7-6-8-23(22)28(30-25)18-15-26(34-2)29(36-4)27(16-18)35-3/h6-7,9-17,22-23,28,30-31H,5,8H2,1-4H3. The molecule has 1 heterocycles. The van der Waals surface area contributed by atoms with Crippen LogP contribution in [0.25, 0.3) is 0 Å². The molecule has 0 spiro atoms. The van der Waals surface area contributed by atoms with Crippen molar-refractivity contribution in [2.45, 2.75) is 30.2 Å². The summed E-state index contributed by atoms with van der Waals surface area (Å²) >= 11 is 0. The van der Waals surface area contributed by atoms with Gasteiger partial charge in [0.25, 0.3) is 10.0 Å². The SMILES string of the molecule is CCOc1ccc(NS(=O)(=O)c2ccc3c(c2)C2C=CCC2C(c2cc(OC)c(OC)c(OC)c2)N3)cc1. The Morgan fingerprint density at radius 1 is 0.947 bits per heavy atom. The summed E-state index contributed by atoms with van der Waals surface area (Å²) in [5.74, 6) is 2.69. The van der Waals surface area contributed by atoms with Gasteiger partial charge in [-0.15, -0.1) is 0 Å². The Morgan fingerprint density at radius 3 is 2.29 bits per heavy atom. The molecule has 2 N–H and O–H groups in total. The second-order valence-electron chi connectivity index (χ2n) is 9.25. The zero-order valence-electron chi connectivity index (χ0n) is 21.9. The molecule has 3 aromatic carbocycles. The van der Waals surface area contributed by atoms with E-state index in [0.717, 1.165) is 23.2 Å². The predicted molar refractivity (Wildman–Crippen MR) is 147 cm³/mol. The highest BCUT2D eigenvalue weighted by molar-refractivity contribution is 7.92. The van der Waals surface area contributed by atoms with Gasteiger partial charge in [-0.1, -0.05) is 12.2 Å². The molecule has 0 bridgehead atoms. The largest absolute Gasteiger partial charge is 0.494 e. The fourth-order valence-electron chi connectivity index (χ4n) is 5.35. The number of fused-ring (bicyclic) bond motifs is 3. The molecule has 3 unspecified atom stereocenters. The molecule has 1 aliphatic carbocycles. The van der Waals surface area contributed by atoms with Crippen molar-refractivity contribution in [3.8, 4) is 23.0 Å². The predicted octanol–water partition coefficient (Wildman–Crippen LogP) is 5.74. The number of rotatable bonds is 9. The van der Waals surface area contributed by atoms with Crippen LogP contribution >= 0.6 is 0 Å². The molecule has 9 heteroatoms. The summed E-state index contributed by atoms with van der Waals surface area (Å²) in [6, 6.07) is 16.0. The second kappa shape index (κ2) is 10.5. The number of ether oxygens (including phenoxy) is 4. The van der Waals surface area contributed by atoms with E-state index in [9.17, 15) is 8.42 Å². The monoisotopic (exact) mass is 536 g/mol. The quantitative estimate of drug-likeness (QED) is 0.337. The van der Waals surface area contributed by atoms with Gasteiger partial charge >= 0.3 is 0 Å². The summed E-state index contributed by atoms with van der Waals surface area (Å²) in [5.41, 5.74) is 3.35. The number of methoxy groups -OCH3 is 3. The van der Waals surface area contributed by atoms with Crippen molar-refractivity contribution in [3.05, 3.63) is 77.9 Å². The smallest absolute Gasteiger partial charge is 0.261 e. The molecule has 38 heavy (non-hydrogen) atoms. The van der Waals surface area contributed by atoms with E-state index in [-0.39, 0.29) is 22.8 Å². The van der Waals surface area contributed by atoms with Gasteiger partial charge in [-0.25, -0.2) is 8.42 Å². The first kappa shape index (κ1) is 25.8. The number of benzene rings is 3. The van der Waals surface area contributed by atoms with Crippen molar-refractivity contribution < 1.29 is 27.4 Å². The molecule has 0 saturated carbocycles. The maximum Gasteiger partial charge on any atom is 0.261 e. The Balaban J connectivity index is 1.46. The maximum absolute atomic E-state index is 13.3. The lowest BCUT2D eigenvalue weighted by molar-refractivity contribution is 0.322. The van der Waals surface area contributed by atoms with Gasteiger partial charge < -0.3 is 24.3 Å². The van der Waals surface area contributed by atoms with E-state index in [1.165, 1.54) is 0 Å². The Kier molecular flexibility index (Phi) is 7.12. The first-order valence-electron chi connectivity index (χ1n) is 12.5. The Hall–Kier alpha value is -3.85. The van der Waals surface area contributed by atoms with Crippen molar-refractivity contribution in [2.24, 2.45) is 5.92 Å². The lowest BCUT2D eigenvalue weighted by Gasteiger charge is -2.38. The molecule has 5 rings (SSSR count). The molecule has 0 fully saturated rings. The minimum atomic E-state index is -3.78. The van der Waals surface area contributed by atoms with Gasteiger partial charge in [0, 0.05) is 17.3 Å². The summed E-state index contributed by atoms with van der Waals surface area (Å²) in [4.78, 5) is 0.220. The van der Waals surface area contributed by atoms with E-state index < -0.39 is 10.0 Å². The van der Waals surface area contributed by atoms with Gasteiger partial charge in [0.2, 0.25) is 5.75 Å². The van der Waals surface area contributed by atoms with Gasteiger partial charge in [0.05, 0.1) is 38.9 Å². The van der Waals surface area contributed by atoms with E-state index in [4.69, 9.17) is 18.9 Å². The van der Waals surface area contributed by atoms with E-state index >= 15 is 0 Å². The number of anilines is 2. The van der Waals surface area contributed by atoms with Crippen LogP contribution in [0.5, 0.6) is 23.0 Å². The van der Waals surface area contributed by atoms with E-state index in [1.54, 1.807) is 57.7 Å². The van der Waals surface area contributed by atoms with Crippen molar-refractivity contribution in [1.29, 1.82) is 0 Å². The summed E-state index contributed by atoms with van der Waals surface area (Å²) < 4.78 is 51.3. The summed E-state index contributed by atoms with van der Waals surface area (Å²) in [7, 11) is 1.01. The van der Waals surface area contributed by atoms with Crippen molar-refractivity contribution in [3.63, 3.8) is 0 Å². The highest BCUT2D eigenvalue weighted by Crippen LogP contribution is 2.52. The van der Waals surface area contributed by atoms with Crippen LogP contribution in [-0.2, 0) is 10.0 Å². The van der Waals surface area contributed by atoms with Gasteiger partial charge in [-0.2, -0.15) is 0 Å². The summed E-state index contributed by atoms with van der Waals surface area (Å²) in [6.45, 7) is 2.45. The molecule has 0 radical (unpaired) electrons. The third-order valence-electron chi connectivity index (χ3n) is 7.11. The molecule has 8 nitrogen and oxygen atoms in total. The summed E-state index contributed by atoms with van der Waals surface area (Å²) in [6.07, 6.45) is 5.20. The molecule has 0 saturated heterocycles. The van der Waals surface area contributed by atoms with Crippen LogP contribution in [0.2, 0.25) is 0 Å². The number of sulfonamides is 1. The van der Waals surface area contributed by atoms with Crippen molar-refractivity contribution in [2.75, 3.05) is 38.0 Å². The topological polar surface area (TPSA) is 95.1 Å². The average Bonchev–Trinajstić information content (AvgIpc) is 3.43. The van der Waals surface area contributed by atoms with Crippen LogP contribution in [0.1, 0.15) is 36.4 Å². The van der Waals surface area contributed by atoms with Crippen LogP contribution in [0.3, 0.4) is 0 Å². The Bertz CT molecular complexity index is 1430. The zero-order valence-corrected chi connectivity index (χ0v) is 22.7. The average molecular weight is 537 g/mol. The second-order valence-corrected chi connectivity index (χ2v) is 10.9. The number of hydrogen-bond acceptors (Lipinski definition) is 7. The van der Waals surface area contributed by atoms with E-state index in [1.807, 2.05) is 25.1 Å². The minimum absolute atomic E-state index is 0.0272. The maximum atomic E-state index is 13.3. The van der Waals surface area contributed by atoms with Gasteiger partial charge in [0.1, 0.15) is 5.75 Å². The van der Waals surface area contributed by atoms with E-state index in [2.05, 4.69) is 22.2 Å². The molecule has 0 aromatic heterocycles. The fourth-order valence-corrected chi connectivity index (χ4v) is 6.44. The first-order valence-corrected chi connectivity index (χ1v) is 14.0. The highest BCUT2D eigenvalue weighted by atomic mass is 32.2. The molecule has 3 aromatic rings. The number of hydrogen-bond donors (Lipinski definition) is 2. The third kappa shape index (κ3) is 4.74. The van der Waals surface area contributed by atoms with Crippen LogP contribution < -0.4 is 29.0 Å². The molecule has 0 amide bonds. The highest BCUT2D eigenvalue weighted by Gasteiger charge is 2.39. The van der Waals surface area contributed by atoms with Crippen molar-refractivity contribution in [1.82, 2.24) is 0 Å². The first-order chi connectivity index (χ1) is 18.4. The molecule has 2 aliphatic rings. The van der Waals surface area contributed by atoms with Crippen LogP contribution in [0.4, 0.5) is 11.4 Å². The molecular weight excluding hydrogens is 504 g/mol. The summed E-state index contributed by atoms with van der Waals surface area (Å²) in [5, 5.41) is 3.65. The van der Waals surface area contributed by atoms with Crippen LogP contribution in [-0.4, -0.2) is 36.4 Å². The Labute approximate surface area is 223 Å². The van der Waals surface area contributed by atoms with Crippen molar-refractivity contribution >= 4 is 21.4 Å². The molecule has 200 valence electrons. The van der Waals surface area contributed by atoms with Gasteiger partial charge in [0.15, 0.2) is 11.5 Å². The van der Waals surface area contributed by atoms with Gasteiger partial charge in [-0.05, 0) is 85.0 Å². The molecular formula is C29H32N2O6S. The lowest BCUT2D eigenvalue weighted by Crippen LogP contribution is -2.29. The molecule has 1 aliphatic heterocycles. The van der Waals surface area contributed by atoms with Crippen LogP contribution in [0.15, 0.2) is 71.6 Å². The third-order valence-corrected chi connectivity index (χ3v) is 8.49.